The van der Waals surface area contributed by atoms with Crippen LogP contribution in [0.1, 0.15) is 5.56 Å². The second-order valence-electron chi connectivity index (χ2n) is 4.18. The molecule has 0 aliphatic rings. The van der Waals surface area contributed by atoms with Gasteiger partial charge in [-0.15, -0.1) is 10.2 Å². The normalized spacial score (nSPS) is 10.4. The summed E-state index contributed by atoms with van der Waals surface area (Å²) in [6, 6.07) is 13.7. The third-order valence-electron chi connectivity index (χ3n) is 2.80. The number of nitriles is 1. The molecule has 0 fully saturated rings. The molecule has 108 valence electrons. The van der Waals surface area contributed by atoms with Crippen LogP contribution in [-0.4, -0.2) is 10.2 Å². The van der Waals surface area contributed by atoms with Crippen molar-refractivity contribution >= 4 is 27.7 Å². The van der Waals surface area contributed by atoms with Gasteiger partial charge in [-0.25, -0.2) is 4.39 Å². The van der Waals surface area contributed by atoms with Crippen LogP contribution >= 0.6 is 27.7 Å². The molecule has 0 aliphatic carbocycles. The second kappa shape index (κ2) is 6.30. The van der Waals surface area contributed by atoms with E-state index in [2.05, 4.69) is 26.1 Å². The molecule has 7 heteroatoms. The van der Waals surface area contributed by atoms with Crippen molar-refractivity contribution in [2.75, 3.05) is 0 Å². The number of hydrogen-bond acceptors (Lipinski definition) is 5. The standard InChI is InChI=1S/C15H7BrFN3OS/c16-11-5-2-1-4-9(11)14-19-20-15(21-14)22-13-7-3-6-12(17)10(13)8-18/h1-7H. The first-order valence-corrected chi connectivity index (χ1v) is 7.75. The molecule has 0 N–H and O–H groups in total. The Morgan fingerprint density at radius 3 is 2.73 bits per heavy atom. The van der Waals surface area contributed by atoms with E-state index in [0.717, 1.165) is 21.8 Å². The van der Waals surface area contributed by atoms with Crippen LogP contribution < -0.4 is 0 Å². The molecule has 0 unspecified atom stereocenters. The van der Waals surface area contributed by atoms with Crippen molar-refractivity contribution in [3.63, 3.8) is 0 Å². The number of halogens is 2. The van der Waals surface area contributed by atoms with Crippen molar-refractivity contribution in [2.45, 2.75) is 10.1 Å². The minimum absolute atomic E-state index is 0.0341. The molecule has 1 aromatic heterocycles. The molecule has 2 aromatic carbocycles. The van der Waals surface area contributed by atoms with Crippen molar-refractivity contribution in [1.82, 2.24) is 10.2 Å². The van der Waals surface area contributed by atoms with Crippen LogP contribution in [0, 0.1) is 17.1 Å². The highest BCUT2D eigenvalue weighted by atomic mass is 79.9. The van der Waals surface area contributed by atoms with Crippen LogP contribution in [0.15, 0.2) is 61.5 Å². The first-order valence-electron chi connectivity index (χ1n) is 6.14. The molecular weight excluding hydrogens is 369 g/mol. The van der Waals surface area contributed by atoms with Gasteiger partial charge in [-0.3, -0.25) is 0 Å². The Morgan fingerprint density at radius 2 is 1.95 bits per heavy atom. The van der Waals surface area contributed by atoms with E-state index in [4.69, 9.17) is 9.68 Å². The summed E-state index contributed by atoms with van der Waals surface area (Å²) in [5, 5.41) is 17.2. The van der Waals surface area contributed by atoms with Gasteiger partial charge in [-0.05, 0) is 52.0 Å². The van der Waals surface area contributed by atoms with Crippen LogP contribution in [0.4, 0.5) is 4.39 Å². The van der Waals surface area contributed by atoms with Crippen molar-refractivity contribution in [2.24, 2.45) is 0 Å². The molecule has 0 saturated heterocycles. The lowest BCUT2D eigenvalue weighted by atomic mass is 10.2. The molecule has 0 aliphatic heterocycles. The van der Waals surface area contributed by atoms with Gasteiger partial charge in [-0.1, -0.05) is 18.2 Å². The molecule has 1 heterocycles. The first-order chi connectivity index (χ1) is 10.7. The summed E-state index contributed by atoms with van der Waals surface area (Å²) >= 11 is 4.47. The highest BCUT2D eigenvalue weighted by Crippen LogP contribution is 2.33. The highest BCUT2D eigenvalue weighted by molar-refractivity contribution is 9.10. The SMILES string of the molecule is N#Cc1c(F)cccc1Sc1nnc(-c2ccccc2Br)o1. The van der Waals surface area contributed by atoms with E-state index in [1.807, 2.05) is 30.3 Å². The van der Waals surface area contributed by atoms with Crippen molar-refractivity contribution in [3.8, 4) is 17.5 Å². The predicted octanol–water partition coefficient (Wildman–Crippen LogP) is 4.66. The van der Waals surface area contributed by atoms with E-state index in [1.165, 1.54) is 12.1 Å². The number of hydrogen-bond donors (Lipinski definition) is 0. The Morgan fingerprint density at radius 1 is 1.14 bits per heavy atom. The quantitative estimate of drug-likeness (QED) is 0.665. The molecule has 3 aromatic rings. The fourth-order valence-electron chi connectivity index (χ4n) is 1.79. The van der Waals surface area contributed by atoms with Crippen molar-refractivity contribution in [1.29, 1.82) is 5.26 Å². The Kier molecular flexibility index (Phi) is 4.22. The van der Waals surface area contributed by atoms with Crippen molar-refractivity contribution in [3.05, 3.63) is 58.3 Å². The maximum atomic E-state index is 13.6. The van der Waals surface area contributed by atoms with Gasteiger partial charge in [0.15, 0.2) is 0 Å². The third-order valence-corrected chi connectivity index (χ3v) is 4.39. The molecule has 0 bridgehead atoms. The average Bonchev–Trinajstić information content (AvgIpc) is 2.96. The van der Waals surface area contributed by atoms with Crippen molar-refractivity contribution < 1.29 is 8.81 Å². The highest BCUT2D eigenvalue weighted by Gasteiger charge is 2.15. The minimum Gasteiger partial charge on any atom is -0.411 e. The molecule has 0 atom stereocenters. The van der Waals surface area contributed by atoms with E-state index >= 15 is 0 Å². The molecule has 0 saturated carbocycles. The van der Waals surface area contributed by atoms with Gasteiger partial charge in [0.1, 0.15) is 17.4 Å². The Balaban J connectivity index is 1.92. The molecule has 3 rings (SSSR count). The fourth-order valence-corrected chi connectivity index (χ4v) is 3.02. The van der Waals surface area contributed by atoms with Gasteiger partial charge < -0.3 is 4.42 Å². The largest absolute Gasteiger partial charge is 0.411 e. The van der Waals surface area contributed by atoms with Gasteiger partial charge in [0.25, 0.3) is 5.22 Å². The topological polar surface area (TPSA) is 62.7 Å². The Hall–Kier alpha value is -2.17. The molecule has 0 spiro atoms. The summed E-state index contributed by atoms with van der Waals surface area (Å²) < 4.78 is 20.0. The summed E-state index contributed by atoms with van der Waals surface area (Å²) in [7, 11) is 0. The van der Waals surface area contributed by atoms with E-state index in [1.54, 1.807) is 6.07 Å². The zero-order valence-corrected chi connectivity index (χ0v) is 13.4. The van der Waals surface area contributed by atoms with Crippen LogP contribution in [-0.2, 0) is 0 Å². The molecule has 22 heavy (non-hydrogen) atoms. The second-order valence-corrected chi connectivity index (χ2v) is 6.03. The van der Waals surface area contributed by atoms with Gasteiger partial charge in [0, 0.05) is 9.37 Å². The summed E-state index contributed by atoms with van der Waals surface area (Å²) in [6.45, 7) is 0. The molecule has 4 nitrogen and oxygen atoms in total. The number of nitrogens with zero attached hydrogens (tertiary/aromatic N) is 3. The fraction of sp³-hybridized carbons (Fsp3) is 0. The van der Waals surface area contributed by atoms with Crippen LogP contribution in [0.2, 0.25) is 0 Å². The average molecular weight is 376 g/mol. The van der Waals surface area contributed by atoms with E-state index in [9.17, 15) is 4.39 Å². The lowest BCUT2D eigenvalue weighted by Gasteiger charge is -2.00. The Labute approximate surface area is 138 Å². The van der Waals surface area contributed by atoms with Crippen LogP contribution in [0.25, 0.3) is 11.5 Å². The number of benzene rings is 2. The summed E-state index contributed by atoms with van der Waals surface area (Å²) in [6.07, 6.45) is 0. The summed E-state index contributed by atoms with van der Waals surface area (Å²) in [5.41, 5.74) is 0.731. The van der Waals surface area contributed by atoms with Gasteiger partial charge in [0.05, 0.1) is 5.56 Å². The van der Waals surface area contributed by atoms with Crippen LogP contribution in [0.3, 0.4) is 0 Å². The lowest BCUT2D eigenvalue weighted by molar-refractivity contribution is 0.465. The smallest absolute Gasteiger partial charge is 0.281 e. The van der Waals surface area contributed by atoms with Gasteiger partial charge >= 0.3 is 0 Å². The third kappa shape index (κ3) is 2.89. The van der Waals surface area contributed by atoms with E-state index < -0.39 is 5.82 Å². The predicted molar refractivity (Wildman–Crippen MR) is 82.7 cm³/mol. The molecule has 0 amide bonds. The number of aromatic nitrogens is 2. The Bertz CT molecular complexity index is 875. The molecular formula is C15H7BrFN3OS. The maximum absolute atomic E-state index is 13.6. The zero-order chi connectivity index (χ0) is 15.5. The minimum atomic E-state index is -0.571. The summed E-state index contributed by atoms with van der Waals surface area (Å²) in [4.78, 5) is 0.435. The number of rotatable bonds is 3. The monoisotopic (exact) mass is 375 g/mol. The van der Waals surface area contributed by atoms with Crippen LogP contribution in [0.5, 0.6) is 0 Å². The summed E-state index contributed by atoms with van der Waals surface area (Å²) in [5.74, 6) is -0.220. The zero-order valence-electron chi connectivity index (χ0n) is 11.0. The lowest BCUT2D eigenvalue weighted by Crippen LogP contribution is -1.86. The first kappa shape index (κ1) is 14.8. The molecule has 0 radical (unpaired) electrons. The van der Waals surface area contributed by atoms with E-state index in [-0.39, 0.29) is 10.8 Å². The van der Waals surface area contributed by atoms with Gasteiger partial charge in [0.2, 0.25) is 5.89 Å². The van der Waals surface area contributed by atoms with E-state index in [0.29, 0.717) is 10.8 Å². The maximum Gasteiger partial charge on any atom is 0.281 e. The van der Waals surface area contributed by atoms with Gasteiger partial charge in [-0.2, -0.15) is 5.26 Å².